The summed E-state index contributed by atoms with van der Waals surface area (Å²) in [6, 6.07) is 10.5. The Morgan fingerprint density at radius 2 is 1.97 bits per heavy atom. The molecule has 1 aliphatic rings. The second-order valence-electron chi connectivity index (χ2n) is 6.80. The van der Waals surface area contributed by atoms with E-state index in [2.05, 4.69) is 4.98 Å². The fraction of sp³-hybridized carbons (Fsp3) is 0.182. The van der Waals surface area contributed by atoms with Gasteiger partial charge in [0.2, 0.25) is 5.88 Å². The Morgan fingerprint density at radius 1 is 1.19 bits per heavy atom. The molecule has 0 N–H and O–H groups in total. The summed E-state index contributed by atoms with van der Waals surface area (Å²) in [6.45, 7) is 0.922. The molecule has 10 heteroatoms. The third-order valence-corrected chi connectivity index (χ3v) is 6.02. The highest BCUT2D eigenvalue weighted by Gasteiger charge is 2.32. The third kappa shape index (κ3) is 4.57. The van der Waals surface area contributed by atoms with E-state index in [-0.39, 0.29) is 17.4 Å². The molecule has 3 heterocycles. The number of thioether (sulfide) groups is 1. The van der Waals surface area contributed by atoms with E-state index in [1.165, 1.54) is 39.6 Å². The zero-order valence-corrected chi connectivity index (χ0v) is 18.6. The summed E-state index contributed by atoms with van der Waals surface area (Å²) in [7, 11) is 1.59. The van der Waals surface area contributed by atoms with Gasteiger partial charge in [0, 0.05) is 26.5 Å². The van der Waals surface area contributed by atoms with Gasteiger partial charge in [0.25, 0.3) is 11.5 Å². The van der Waals surface area contributed by atoms with E-state index in [4.69, 9.17) is 21.7 Å². The van der Waals surface area contributed by atoms with E-state index >= 15 is 0 Å². The maximum absolute atomic E-state index is 13.3. The summed E-state index contributed by atoms with van der Waals surface area (Å²) >= 11 is 6.45. The highest BCUT2D eigenvalue weighted by molar-refractivity contribution is 8.26. The van der Waals surface area contributed by atoms with Crippen molar-refractivity contribution in [2.75, 3.05) is 20.3 Å². The van der Waals surface area contributed by atoms with Crippen molar-refractivity contribution < 1.29 is 18.7 Å². The van der Waals surface area contributed by atoms with Crippen LogP contribution in [0.4, 0.5) is 4.39 Å². The number of ether oxygens (including phenoxy) is 2. The van der Waals surface area contributed by atoms with Gasteiger partial charge in [0.1, 0.15) is 27.1 Å². The molecule has 3 aromatic rings. The minimum Gasteiger partial charge on any atom is -0.438 e. The number of nitrogens with zero attached hydrogens (tertiary/aromatic N) is 3. The number of carbonyl (C=O) groups excluding carboxylic acids is 1. The van der Waals surface area contributed by atoms with Gasteiger partial charge in [-0.15, -0.1) is 0 Å². The van der Waals surface area contributed by atoms with E-state index in [0.717, 1.165) is 11.8 Å². The fourth-order valence-electron chi connectivity index (χ4n) is 3.09. The molecule has 0 atom stereocenters. The Labute approximate surface area is 192 Å². The fourth-order valence-corrected chi connectivity index (χ4v) is 4.38. The van der Waals surface area contributed by atoms with E-state index in [1.807, 2.05) is 0 Å². The Kier molecular flexibility index (Phi) is 6.63. The molecule has 0 saturated carbocycles. The van der Waals surface area contributed by atoms with Crippen LogP contribution in [0.25, 0.3) is 11.7 Å². The van der Waals surface area contributed by atoms with Crippen LogP contribution >= 0.6 is 24.0 Å². The van der Waals surface area contributed by atoms with Gasteiger partial charge >= 0.3 is 0 Å². The summed E-state index contributed by atoms with van der Waals surface area (Å²) in [5.41, 5.74) is 0.0617. The average Bonchev–Trinajstić information content (AvgIpc) is 3.05. The number of thiocarbonyl (C=S) groups is 1. The van der Waals surface area contributed by atoms with Gasteiger partial charge in [0.15, 0.2) is 0 Å². The van der Waals surface area contributed by atoms with Crippen LogP contribution in [-0.2, 0) is 9.53 Å². The number of halogens is 1. The standard InChI is InChI=1S/C22H18FN3O4S2/c1-29-12-4-11-26-21(28)17(32-22(26)31)13-16-19(30-15-8-6-14(23)7-9-15)24-18-5-2-3-10-25(18)20(16)27/h2-3,5-10,13H,4,11-12H2,1H3. The molecule has 1 aromatic carbocycles. The topological polar surface area (TPSA) is 73.1 Å². The minimum absolute atomic E-state index is 0.0115. The zero-order chi connectivity index (χ0) is 22.7. The van der Waals surface area contributed by atoms with Gasteiger partial charge in [-0.25, -0.2) is 4.39 Å². The van der Waals surface area contributed by atoms with Crippen LogP contribution in [-0.4, -0.2) is 44.8 Å². The number of pyridine rings is 1. The van der Waals surface area contributed by atoms with Gasteiger partial charge in [-0.1, -0.05) is 30.0 Å². The molecule has 0 aliphatic carbocycles. The van der Waals surface area contributed by atoms with Crippen molar-refractivity contribution in [3.63, 3.8) is 0 Å². The highest BCUT2D eigenvalue weighted by atomic mass is 32.2. The Balaban J connectivity index is 1.76. The predicted octanol–water partition coefficient (Wildman–Crippen LogP) is 3.86. The lowest BCUT2D eigenvalue weighted by Gasteiger charge is -2.13. The molecule has 7 nitrogen and oxygen atoms in total. The number of rotatable bonds is 7. The van der Waals surface area contributed by atoms with Crippen molar-refractivity contribution in [3.05, 3.63) is 75.3 Å². The van der Waals surface area contributed by atoms with Crippen LogP contribution in [0.3, 0.4) is 0 Å². The van der Waals surface area contributed by atoms with E-state index < -0.39 is 11.4 Å². The summed E-state index contributed by atoms with van der Waals surface area (Å²) in [5, 5.41) is 0. The van der Waals surface area contributed by atoms with Crippen LogP contribution in [0.5, 0.6) is 11.6 Å². The van der Waals surface area contributed by atoms with Gasteiger partial charge in [-0.05, 0) is 48.9 Å². The van der Waals surface area contributed by atoms with Gasteiger partial charge < -0.3 is 9.47 Å². The van der Waals surface area contributed by atoms with Crippen LogP contribution in [0.15, 0.2) is 58.4 Å². The number of fused-ring (bicyclic) bond motifs is 1. The summed E-state index contributed by atoms with van der Waals surface area (Å²) < 4.78 is 25.9. The van der Waals surface area contributed by atoms with Crippen molar-refractivity contribution in [2.24, 2.45) is 0 Å². The predicted molar refractivity (Wildman–Crippen MR) is 124 cm³/mol. The third-order valence-electron chi connectivity index (χ3n) is 4.64. The molecule has 0 bridgehead atoms. The largest absolute Gasteiger partial charge is 0.438 e. The molecule has 0 radical (unpaired) electrons. The summed E-state index contributed by atoms with van der Waals surface area (Å²) in [5.74, 6) is -0.388. The first-order valence-electron chi connectivity index (χ1n) is 9.67. The van der Waals surface area contributed by atoms with Gasteiger partial charge in [0.05, 0.1) is 4.91 Å². The quantitative estimate of drug-likeness (QED) is 0.294. The van der Waals surface area contributed by atoms with Crippen LogP contribution in [0.2, 0.25) is 0 Å². The molecular weight excluding hydrogens is 453 g/mol. The zero-order valence-electron chi connectivity index (χ0n) is 17.0. The molecule has 1 fully saturated rings. The second-order valence-corrected chi connectivity index (χ2v) is 8.48. The van der Waals surface area contributed by atoms with Crippen molar-refractivity contribution in [1.29, 1.82) is 0 Å². The molecule has 1 aliphatic heterocycles. The monoisotopic (exact) mass is 471 g/mol. The number of methoxy groups -OCH3 is 1. The van der Waals surface area contributed by atoms with Gasteiger partial charge in [-0.3, -0.25) is 18.9 Å². The van der Waals surface area contributed by atoms with E-state index in [1.54, 1.807) is 31.5 Å². The number of amides is 1. The molecule has 2 aromatic heterocycles. The smallest absolute Gasteiger partial charge is 0.269 e. The van der Waals surface area contributed by atoms with Crippen LogP contribution < -0.4 is 10.3 Å². The number of carbonyl (C=O) groups is 1. The Bertz CT molecular complexity index is 1270. The first kappa shape index (κ1) is 22.1. The molecule has 1 saturated heterocycles. The average molecular weight is 472 g/mol. The molecule has 164 valence electrons. The summed E-state index contributed by atoms with van der Waals surface area (Å²) in [4.78, 5) is 32.3. The van der Waals surface area contributed by atoms with Crippen molar-refractivity contribution in [1.82, 2.24) is 14.3 Å². The number of hydrogen-bond acceptors (Lipinski definition) is 7. The van der Waals surface area contributed by atoms with Crippen LogP contribution in [0, 0.1) is 5.82 Å². The highest BCUT2D eigenvalue weighted by Crippen LogP contribution is 2.34. The number of hydrogen-bond donors (Lipinski definition) is 0. The summed E-state index contributed by atoms with van der Waals surface area (Å²) in [6.07, 6.45) is 3.66. The second kappa shape index (κ2) is 9.60. The maximum atomic E-state index is 13.3. The molecule has 4 rings (SSSR count). The Morgan fingerprint density at radius 3 is 2.72 bits per heavy atom. The van der Waals surface area contributed by atoms with Gasteiger partial charge in [-0.2, -0.15) is 4.98 Å². The number of aromatic nitrogens is 2. The van der Waals surface area contributed by atoms with Crippen LogP contribution in [0.1, 0.15) is 12.0 Å². The molecule has 1 amide bonds. The molecular formula is C22H18FN3O4S2. The van der Waals surface area contributed by atoms with Crippen molar-refractivity contribution in [2.45, 2.75) is 6.42 Å². The van der Waals surface area contributed by atoms with Crippen molar-refractivity contribution >= 4 is 45.9 Å². The molecule has 0 spiro atoms. The first-order valence-corrected chi connectivity index (χ1v) is 10.9. The minimum atomic E-state index is -0.415. The lowest BCUT2D eigenvalue weighted by molar-refractivity contribution is -0.122. The molecule has 32 heavy (non-hydrogen) atoms. The maximum Gasteiger partial charge on any atom is 0.269 e. The van der Waals surface area contributed by atoms with Crippen molar-refractivity contribution in [3.8, 4) is 11.6 Å². The van der Waals surface area contributed by atoms with E-state index in [9.17, 15) is 14.0 Å². The normalized spacial score (nSPS) is 15.2. The number of benzene rings is 1. The first-order chi connectivity index (χ1) is 15.5. The SMILES string of the molecule is COCCCN1C(=O)C(=Cc2c(Oc3ccc(F)cc3)nc3ccccn3c2=O)SC1=S. The molecule has 0 unspecified atom stereocenters. The lowest BCUT2D eigenvalue weighted by atomic mass is 10.2. The Hall–Kier alpha value is -3.08. The lowest BCUT2D eigenvalue weighted by Crippen LogP contribution is -2.29. The van der Waals surface area contributed by atoms with E-state index in [0.29, 0.717) is 40.2 Å².